The summed E-state index contributed by atoms with van der Waals surface area (Å²) in [5.41, 5.74) is 1.32. The van der Waals surface area contributed by atoms with E-state index in [9.17, 15) is 0 Å². The van der Waals surface area contributed by atoms with Crippen LogP contribution in [0.2, 0.25) is 0 Å². The SMILES string of the molecule is Cc1ccccc1.[H+].[H-].[Na+]. The van der Waals surface area contributed by atoms with Gasteiger partial charge in [0.1, 0.15) is 0 Å². The van der Waals surface area contributed by atoms with Gasteiger partial charge in [0.05, 0.1) is 0 Å². The number of aryl methyl sites for hydroxylation is 1. The van der Waals surface area contributed by atoms with E-state index >= 15 is 0 Å². The van der Waals surface area contributed by atoms with Gasteiger partial charge < -0.3 is 1.43 Å². The van der Waals surface area contributed by atoms with Gasteiger partial charge in [0, 0.05) is 0 Å². The molecule has 1 aromatic carbocycles. The molecule has 0 unspecified atom stereocenters. The standard InChI is InChI=1S/C7H8.Na.H/c1-7-5-3-2-4-6-7;;/h2-6H,1H3;;/q;+1;-1/p+1. The molecule has 0 atom stereocenters. The Balaban J connectivity index is -0.000000163. The minimum atomic E-state index is 0. The fourth-order valence-electron chi connectivity index (χ4n) is 0.534. The van der Waals surface area contributed by atoms with E-state index in [4.69, 9.17) is 0 Å². The fraction of sp³-hybridized carbons (Fsp3) is 0.143. The van der Waals surface area contributed by atoms with Crippen LogP contribution < -0.4 is 29.6 Å². The predicted molar refractivity (Wildman–Crippen MR) is 33.4 cm³/mol. The average molecular weight is 117 g/mol. The molecule has 1 heteroatoms. The maximum atomic E-state index is 2.08. The summed E-state index contributed by atoms with van der Waals surface area (Å²) >= 11 is 0. The second-order valence-corrected chi connectivity index (χ2v) is 1.65. The van der Waals surface area contributed by atoms with E-state index in [1.807, 2.05) is 18.2 Å². The van der Waals surface area contributed by atoms with Crippen molar-refractivity contribution < 1.29 is 32.4 Å². The first-order valence-electron chi connectivity index (χ1n) is 2.41. The molecule has 1 aromatic rings. The molecular weight excluding hydrogens is 107 g/mol. The first-order chi connectivity index (χ1) is 3.39. The molecule has 0 saturated heterocycles. The molecule has 0 saturated carbocycles. The van der Waals surface area contributed by atoms with Crippen molar-refractivity contribution in [2.75, 3.05) is 0 Å². The van der Waals surface area contributed by atoms with Crippen LogP contribution >= 0.6 is 0 Å². The zero-order valence-electron chi connectivity index (χ0n) is 7.39. The van der Waals surface area contributed by atoms with Crippen LogP contribution in [0.1, 0.15) is 8.42 Å². The molecule has 8 heavy (non-hydrogen) atoms. The Morgan fingerprint density at radius 3 is 2.00 bits per heavy atom. The van der Waals surface area contributed by atoms with Gasteiger partial charge >= 0.3 is 31.0 Å². The van der Waals surface area contributed by atoms with Gasteiger partial charge in [-0.25, -0.2) is 0 Å². The second-order valence-electron chi connectivity index (χ2n) is 1.65. The summed E-state index contributed by atoms with van der Waals surface area (Å²) in [5, 5.41) is 0. The third-order valence-corrected chi connectivity index (χ3v) is 0.940. The van der Waals surface area contributed by atoms with Gasteiger partial charge in [-0.05, 0) is 6.92 Å². The summed E-state index contributed by atoms with van der Waals surface area (Å²) < 4.78 is 0. The van der Waals surface area contributed by atoms with Crippen LogP contribution in [-0.4, -0.2) is 0 Å². The van der Waals surface area contributed by atoms with Gasteiger partial charge in [-0.3, -0.25) is 0 Å². The van der Waals surface area contributed by atoms with Crippen LogP contribution in [0.5, 0.6) is 0 Å². The Bertz CT molecular complexity index is 142. The molecule has 38 valence electrons. The molecule has 0 aliphatic rings. The normalized spacial score (nSPS) is 7.62. The molecule has 0 spiro atoms. The van der Waals surface area contributed by atoms with E-state index in [1.165, 1.54) is 5.56 Å². The molecule has 0 fully saturated rings. The van der Waals surface area contributed by atoms with Gasteiger partial charge in [-0.1, -0.05) is 35.9 Å². The Labute approximate surface area is 75.2 Å². The van der Waals surface area contributed by atoms with Crippen molar-refractivity contribution in [1.82, 2.24) is 0 Å². The van der Waals surface area contributed by atoms with E-state index in [-0.39, 0.29) is 32.4 Å². The van der Waals surface area contributed by atoms with Crippen molar-refractivity contribution in [3.63, 3.8) is 0 Å². The zero-order valence-corrected chi connectivity index (χ0v) is 7.39. The molecule has 0 N–H and O–H groups in total. The summed E-state index contributed by atoms with van der Waals surface area (Å²) in [7, 11) is 0. The molecule has 0 aliphatic carbocycles. The zero-order chi connectivity index (χ0) is 5.11. The summed E-state index contributed by atoms with van der Waals surface area (Å²) in [6, 6.07) is 10.3. The minimum Gasteiger partial charge on any atom is -1.00 e. The summed E-state index contributed by atoms with van der Waals surface area (Å²) in [5.74, 6) is 0. The van der Waals surface area contributed by atoms with Gasteiger partial charge in [0.15, 0.2) is 0 Å². The second kappa shape index (κ2) is 4.13. The maximum absolute atomic E-state index is 2.08. The van der Waals surface area contributed by atoms with E-state index in [0.717, 1.165) is 0 Å². The van der Waals surface area contributed by atoms with E-state index in [1.54, 1.807) is 0 Å². The van der Waals surface area contributed by atoms with E-state index < -0.39 is 0 Å². The number of rotatable bonds is 0. The van der Waals surface area contributed by atoms with Gasteiger partial charge in [-0.2, -0.15) is 0 Å². The van der Waals surface area contributed by atoms with Crippen molar-refractivity contribution in [1.29, 1.82) is 0 Å². The Morgan fingerprint density at radius 1 is 1.25 bits per heavy atom. The van der Waals surface area contributed by atoms with Crippen LogP contribution in [0.15, 0.2) is 30.3 Å². The Kier molecular flexibility index (Phi) is 4.25. The Hall–Kier alpha value is 0.220. The molecule has 0 aromatic heterocycles. The molecule has 1 rings (SSSR count). The van der Waals surface area contributed by atoms with Crippen LogP contribution in [0.3, 0.4) is 0 Å². The third kappa shape index (κ3) is 2.51. The quantitative estimate of drug-likeness (QED) is 0.391. The van der Waals surface area contributed by atoms with Crippen LogP contribution in [0, 0.1) is 6.92 Å². The largest absolute Gasteiger partial charge is 1.00 e. The van der Waals surface area contributed by atoms with Crippen molar-refractivity contribution >= 4 is 0 Å². The summed E-state index contributed by atoms with van der Waals surface area (Å²) in [6.07, 6.45) is 0. The third-order valence-electron chi connectivity index (χ3n) is 0.940. The fourth-order valence-corrected chi connectivity index (χ4v) is 0.534. The monoisotopic (exact) mass is 117 g/mol. The van der Waals surface area contributed by atoms with Gasteiger partial charge in [0.2, 0.25) is 0 Å². The smallest absolute Gasteiger partial charge is 1.00 e. The van der Waals surface area contributed by atoms with Gasteiger partial charge in [0.25, 0.3) is 0 Å². The minimum absolute atomic E-state index is 0. The van der Waals surface area contributed by atoms with Crippen LogP contribution in [-0.2, 0) is 0 Å². The first-order valence-corrected chi connectivity index (χ1v) is 2.41. The van der Waals surface area contributed by atoms with Crippen molar-refractivity contribution in [2.45, 2.75) is 6.92 Å². The molecular formula is C7H10Na+. The molecule has 0 aliphatic heterocycles. The van der Waals surface area contributed by atoms with Crippen molar-refractivity contribution in [2.24, 2.45) is 0 Å². The van der Waals surface area contributed by atoms with Crippen LogP contribution in [0.25, 0.3) is 0 Å². The van der Waals surface area contributed by atoms with E-state index in [2.05, 4.69) is 19.1 Å². The Morgan fingerprint density at radius 2 is 1.75 bits per heavy atom. The number of hydrogen-bond acceptors (Lipinski definition) is 0. The summed E-state index contributed by atoms with van der Waals surface area (Å²) in [4.78, 5) is 0. The summed E-state index contributed by atoms with van der Waals surface area (Å²) in [6.45, 7) is 2.08. The van der Waals surface area contributed by atoms with Crippen LogP contribution in [0.4, 0.5) is 0 Å². The molecule has 0 nitrogen and oxygen atoms in total. The van der Waals surface area contributed by atoms with Crippen molar-refractivity contribution in [3.8, 4) is 0 Å². The number of benzene rings is 1. The van der Waals surface area contributed by atoms with E-state index in [0.29, 0.717) is 0 Å². The van der Waals surface area contributed by atoms with Crippen molar-refractivity contribution in [3.05, 3.63) is 35.9 Å². The van der Waals surface area contributed by atoms with Gasteiger partial charge in [-0.15, -0.1) is 0 Å². The maximum Gasteiger partial charge on any atom is 1.00 e. The first kappa shape index (κ1) is 8.22. The average Bonchev–Trinajstić information content (AvgIpc) is 1.69. The topological polar surface area (TPSA) is 0 Å². The predicted octanol–water partition coefficient (Wildman–Crippen LogP) is -0.776. The molecule has 0 amide bonds. The molecule has 0 bridgehead atoms. The number of hydrogen-bond donors (Lipinski definition) is 0. The molecule has 0 radical (unpaired) electrons. The molecule has 0 heterocycles.